The highest BCUT2D eigenvalue weighted by atomic mass is 32.2. The maximum atomic E-state index is 14.1. The van der Waals surface area contributed by atoms with Gasteiger partial charge in [0.25, 0.3) is 10.0 Å². The van der Waals surface area contributed by atoms with Crippen molar-refractivity contribution < 1.29 is 21.6 Å². The number of halogens is 3. The van der Waals surface area contributed by atoms with Crippen LogP contribution < -0.4 is 4.72 Å². The summed E-state index contributed by atoms with van der Waals surface area (Å²) in [6, 6.07) is 14.7. The zero-order chi connectivity index (χ0) is 21.3. The zero-order valence-corrected chi connectivity index (χ0v) is 16.8. The van der Waals surface area contributed by atoms with Crippen LogP contribution in [0.5, 0.6) is 0 Å². The third-order valence-corrected chi connectivity index (χ3v) is 6.49. The van der Waals surface area contributed by atoms with Crippen molar-refractivity contribution in [2.45, 2.75) is 4.90 Å². The monoisotopic (exact) mass is 446 g/mol. The molecule has 1 heterocycles. The molecule has 0 aliphatic carbocycles. The number of aromatic nitrogens is 1. The van der Waals surface area contributed by atoms with E-state index in [1.54, 1.807) is 41.8 Å². The molecule has 0 saturated heterocycles. The highest BCUT2D eigenvalue weighted by Crippen LogP contribution is 2.34. The first kappa shape index (κ1) is 20.1. The molecule has 4 rings (SSSR count). The number of para-hydroxylation sites is 1. The quantitative estimate of drug-likeness (QED) is 0.428. The molecule has 0 fully saturated rings. The fourth-order valence-electron chi connectivity index (χ4n) is 2.83. The number of rotatable bonds is 5. The first-order valence-corrected chi connectivity index (χ1v) is 11.0. The third-order valence-electron chi connectivity index (χ3n) is 4.24. The number of thiazole rings is 1. The maximum Gasteiger partial charge on any atom is 0.264 e. The highest BCUT2D eigenvalue weighted by Gasteiger charge is 2.22. The van der Waals surface area contributed by atoms with Gasteiger partial charge in [-0.05, 0) is 36.4 Å². The van der Waals surface area contributed by atoms with Gasteiger partial charge in [0.1, 0.15) is 27.4 Å². The number of sulfonamides is 1. The Labute approximate surface area is 174 Å². The minimum absolute atomic E-state index is 0.131. The van der Waals surface area contributed by atoms with Crippen molar-refractivity contribution in [3.8, 4) is 21.8 Å². The summed E-state index contributed by atoms with van der Waals surface area (Å²) >= 11 is 1.20. The number of anilines is 1. The van der Waals surface area contributed by atoms with Crippen LogP contribution >= 0.6 is 11.3 Å². The SMILES string of the molecule is O=S(=O)(Nc1ccccc1-c1csc(-c2ccccc2F)n1)c1cc(F)ccc1F. The van der Waals surface area contributed by atoms with Crippen molar-refractivity contribution in [3.05, 3.63) is 89.6 Å². The van der Waals surface area contributed by atoms with Crippen LogP contribution in [0, 0.1) is 17.5 Å². The molecule has 0 atom stereocenters. The molecular weight excluding hydrogens is 433 g/mol. The van der Waals surface area contributed by atoms with Gasteiger partial charge in [-0.15, -0.1) is 11.3 Å². The molecule has 0 aliphatic rings. The van der Waals surface area contributed by atoms with Crippen LogP contribution in [-0.2, 0) is 10.0 Å². The first-order chi connectivity index (χ1) is 14.3. The van der Waals surface area contributed by atoms with Crippen LogP contribution in [0.25, 0.3) is 21.8 Å². The largest absolute Gasteiger partial charge is 0.279 e. The molecule has 1 aromatic heterocycles. The lowest BCUT2D eigenvalue weighted by Gasteiger charge is -2.12. The summed E-state index contributed by atoms with van der Waals surface area (Å²) in [5, 5.41) is 2.09. The van der Waals surface area contributed by atoms with Crippen LogP contribution in [-0.4, -0.2) is 13.4 Å². The van der Waals surface area contributed by atoms with Gasteiger partial charge in [-0.25, -0.2) is 26.6 Å². The van der Waals surface area contributed by atoms with Crippen molar-refractivity contribution in [1.82, 2.24) is 4.98 Å². The Kier molecular flexibility index (Phi) is 5.31. The smallest absolute Gasteiger partial charge is 0.264 e. The summed E-state index contributed by atoms with van der Waals surface area (Å²) in [6.07, 6.45) is 0. The fraction of sp³-hybridized carbons (Fsp3) is 0. The molecule has 0 radical (unpaired) electrons. The Bertz CT molecular complexity index is 1340. The Morgan fingerprint density at radius 1 is 0.833 bits per heavy atom. The molecule has 9 heteroatoms. The van der Waals surface area contributed by atoms with Crippen molar-refractivity contribution in [2.75, 3.05) is 4.72 Å². The lowest BCUT2D eigenvalue weighted by molar-refractivity contribution is 0.555. The van der Waals surface area contributed by atoms with E-state index >= 15 is 0 Å². The Balaban J connectivity index is 1.72. The van der Waals surface area contributed by atoms with Gasteiger partial charge in [0, 0.05) is 16.5 Å². The summed E-state index contributed by atoms with van der Waals surface area (Å²) in [4.78, 5) is 3.61. The van der Waals surface area contributed by atoms with Gasteiger partial charge >= 0.3 is 0 Å². The van der Waals surface area contributed by atoms with E-state index in [1.807, 2.05) is 0 Å². The van der Waals surface area contributed by atoms with Gasteiger partial charge in [0.15, 0.2) is 0 Å². The molecule has 0 amide bonds. The minimum Gasteiger partial charge on any atom is -0.279 e. The molecule has 0 bridgehead atoms. The predicted octanol–water partition coefficient (Wildman–Crippen LogP) is 5.70. The highest BCUT2D eigenvalue weighted by molar-refractivity contribution is 7.92. The van der Waals surface area contributed by atoms with E-state index in [1.165, 1.54) is 23.5 Å². The summed E-state index contributed by atoms with van der Waals surface area (Å²) in [5.74, 6) is -2.37. The van der Waals surface area contributed by atoms with Gasteiger partial charge in [0.05, 0.1) is 11.4 Å². The Morgan fingerprint density at radius 3 is 2.30 bits per heavy atom. The number of hydrogen-bond donors (Lipinski definition) is 1. The number of hydrogen-bond acceptors (Lipinski definition) is 4. The molecule has 3 aromatic carbocycles. The molecule has 4 aromatic rings. The number of nitrogens with one attached hydrogen (secondary N) is 1. The van der Waals surface area contributed by atoms with Crippen LogP contribution in [0.3, 0.4) is 0 Å². The van der Waals surface area contributed by atoms with Crippen LogP contribution in [0.1, 0.15) is 0 Å². The Morgan fingerprint density at radius 2 is 1.53 bits per heavy atom. The molecule has 0 unspecified atom stereocenters. The summed E-state index contributed by atoms with van der Waals surface area (Å²) in [5.41, 5.74) is 1.29. The van der Waals surface area contributed by atoms with Crippen molar-refractivity contribution in [3.63, 3.8) is 0 Å². The van der Waals surface area contributed by atoms with Crippen molar-refractivity contribution in [2.24, 2.45) is 0 Å². The minimum atomic E-state index is -4.40. The van der Waals surface area contributed by atoms with E-state index in [-0.39, 0.29) is 5.69 Å². The predicted molar refractivity (Wildman–Crippen MR) is 110 cm³/mol. The number of benzene rings is 3. The van der Waals surface area contributed by atoms with Gasteiger partial charge in [-0.3, -0.25) is 4.72 Å². The molecule has 0 aliphatic heterocycles. The molecule has 1 N–H and O–H groups in total. The second-order valence-electron chi connectivity index (χ2n) is 6.24. The van der Waals surface area contributed by atoms with Crippen molar-refractivity contribution >= 4 is 27.0 Å². The maximum absolute atomic E-state index is 14.1. The molecule has 152 valence electrons. The zero-order valence-electron chi connectivity index (χ0n) is 15.1. The van der Waals surface area contributed by atoms with Gasteiger partial charge in [0.2, 0.25) is 0 Å². The van der Waals surface area contributed by atoms with Gasteiger partial charge < -0.3 is 0 Å². The average Bonchev–Trinajstić information content (AvgIpc) is 3.20. The second-order valence-corrected chi connectivity index (χ2v) is 8.75. The summed E-state index contributed by atoms with van der Waals surface area (Å²) in [6.45, 7) is 0. The molecule has 0 spiro atoms. The van der Waals surface area contributed by atoms with Crippen LogP contribution in [0.2, 0.25) is 0 Å². The van der Waals surface area contributed by atoms with Crippen LogP contribution in [0.4, 0.5) is 18.9 Å². The summed E-state index contributed by atoms with van der Waals surface area (Å²) < 4.78 is 69.1. The van der Waals surface area contributed by atoms with Gasteiger partial charge in [-0.1, -0.05) is 30.3 Å². The topological polar surface area (TPSA) is 59.1 Å². The standard InChI is InChI=1S/C21H13F3N2O2S2/c22-13-9-10-17(24)20(11-13)30(27,28)26-18-8-4-2-6-15(18)19-12-29-21(25-19)14-5-1-3-7-16(14)23/h1-12,26H. The lowest BCUT2D eigenvalue weighted by Crippen LogP contribution is -2.15. The molecular formula is C21H13F3N2O2S2. The van der Waals surface area contributed by atoms with Crippen molar-refractivity contribution in [1.29, 1.82) is 0 Å². The van der Waals surface area contributed by atoms with E-state index in [2.05, 4.69) is 9.71 Å². The Hall–Kier alpha value is -3.17. The van der Waals surface area contributed by atoms with Crippen LogP contribution in [0.15, 0.2) is 77.0 Å². The first-order valence-electron chi connectivity index (χ1n) is 8.63. The molecule has 30 heavy (non-hydrogen) atoms. The molecule has 0 saturated carbocycles. The second kappa shape index (κ2) is 7.92. The van der Waals surface area contributed by atoms with E-state index in [9.17, 15) is 21.6 Å². The average molecular weight is 446 g/mol. The fourth-order valence-corrected chi connectivity index (χ4v) is 4.85. The van der Waals surface area contributed by atoms with E-state index in [4.69, 9.17) is 0 Å². The van der Waals surface area contributed by atoms with E-state index < -0.39 is 32.4 Å². The van der Waals surface area contributed by atoms with Gasteiger partial charge in [-0.2, -0.15) is 0 Å². The summed E-state index contributed by atoms with van der Waals surface area (Å²) in [7, 11) is -4.40. The van der Waals surface area contributed by atoms with E-state index in [0.29, 0.717) is 27.9 Å². The lowest BCUT2D eigenvalue weighted by atomic mass is 10.1. The number of nitrogens with zero attached hydrogens (tertiary/aromatic N) is 1. The third kappa shape index (κ3) is 3.94. The normalized spacial score (nSPS) is 11.4. The van der Waals surface area contributed by atoms with E-state index in [0.717, 1.165) is 12.1 Å². The molecule has 4 nitrogen and oxygen atoms in total.